The van der Waals surface area contributed by atoms with Crippen LogP contribution < -0.4 is 5.32 Å². The molecule has 4 aromatic rings. The van der Waals surface area contributed by atoms with E-state index in [0.29, 0.717) is 17.8 Å². The van der Waals surface area contributed by atoms with Crippen LogP contribution in [0.2, 0.25) is 0 Å². The molecule has 0 fully saturated rings. The number of fused-ring (bicyclic) bond motifs is 1. The molecule has 0 aliphatic heterocycles. The van der Waals surface area contributed by atoms with Gasteiger partial charge in [0.25, 0.3) is 5.91 Å². The number of benzene rings is 4. The van der Waals surface area contributed by atoms with E-state index in [1.165, 1.54) is 6.08 Å². The van der Waals surface area contributed by atoms with Gasteiger partial charge < -0.3 is 10.2 Å². The number of para-hydroxylation sites is 1. The second kappa shape index (κ2) is 9.75. The van der Waals surface area contributed by atoms with Crippen LogP contribution in [0.5, 0.6) is 0 Å². The van der Waals surface area contributed by atoms with Crippen LogP contribution in [0.25, 0.3) is 16.8 Å². The number of carbonyl (C=O) groups excluding carboxylic acids is 2. The first kappa shape index (κ1) is 21.1. The van der Waals surface area contributed by atoms with Gasteiger partial charge in [-0.1, -0.05) is 84.9 Å². The minimum absolute atomic E-state index is 0.150. The first-order chi connectivity index (χ1) is 15.6. The van der Waals surface area contributed by atoms with E-state index in [-0.39, 0.29) is 11.8 Å². The van der Waals surface area contributed by atoms with Gasteiger partial charge in [0.05, 0.1) is 11.3 Å². The number of nitrogens with one attached hydrogen (secondary N) is 1. The molecule has 4 nitrogen and oxygen atoms in total. The summed E-state index contributed by atoms with van der Waals surface area (Å²) in [6.07, 6.45) is 3.29. The Bertz CT molecular complexity index is 1270. The SMILES string of the molecule is CN(Cc1ccccc1)C(=O)c1ccccc1NC(=O)/C=C/c1cccc2ccccc12. The van der Waals surface area contributed by atoms with E-state index in [0.717, 1.165) is 21.9 Å². The van der Waals surface area contributed by atoms with Crippen molar-refractivity contribution in [3.05, 3.63) is 120 Å². The highest BCUT2D eigenvalue weighted by molar-refractivity contribution is 6.08. The molecule has 0 saturated carbocycles. The van der Waals surface area contributed by atoms with Gasteiger partial charge in [-0.05, 0) is 40.1 Å². The number of rotatable bonds is 6. The summed E-state index contributed by atoms with van der Waals surface area (Å²) in [5.41, 5.74) is 2.95. The van der Waals surface area contributed by atoms with Gasteiger partial charge >= 0.3 is 0 Å². The molecule has 4 rings (SSSR count). The van der Waals surface area contributed by atoms with Crippen LogP contribution in [-0.2, 0) is 11.3 Å². The molecule has 2 amide bonds. The Morgan fingerprint density at radius 2 is 1.50 bits per heavy atom. The lowest BCUT2D eigenvalue weighted by Gasteiger charge is -2.19. The van der Waals surface area contributed by atoms with Gasteiger partial charge in [0.15, 0.2) is 0 Å². The lowest BCUT2D eigenvalue weighted by Crippen LogP contribution is -2.27. The predicted molar refractivity (Wildman–Crippen MR) is 130 cm³/mol. The zero-order valence-electron chi connectivity index (χ0n) is 17.9. The second-order valence-corrected chi connectivity index (χ2v) is 7.58. The number of nitrogens with zero attached hydrogens (tertiary/aromatic N) is 1. The number of hydrogen-bond donors (Lipinski definition) is 1. The van der Waals surface area contributed by atoms with Crippen molar-refractivity contribution in [2.24, 2.45) is 0 Å². The molecule has 4 aromatic carbocycles. The van der Waals surface area contributed by atoms with Crippen LogP contribution in [0.1, 0.15) is 21.5 Å². The molecule has 1 N–H and O–H groups in total. The minimum atomic E-state index is -0.288. The topological polar surface area (TPSA) is 49.4 Å². The summed E-state index contributed by atoms with van der Waals surface area (Å²) in [5.74, 6) is -0.438. The lowest BCUT2D eigenvalue weighted by atomic mass is 10.0. The highest BCUT2D eigenvalue weighted by atomic mass is 16.2. The van der Waals surface area contributed by atoms with Crippen molar-refractivity contribution in [3.63, 3.8) is 0 Å². The highest BCUT2D eigenvalue weighted by Crippen LogP contribution is 2.21. The zero-order chi connectivity index (χ0) is 22.3. The van der Waals surface area contributed by atoms with Crippen LogP contribution in [-0.4, -0.2) is 23.8 Å². The van der Waals surface area contributed by atoms with Crippen molar-refractivity contribution >= 4 is 34.4 Å². The molecule has 0 spiro atoms. The van der Waals surface area contributed by atoms with Crippen LogP contribution >= 0.6 is 0 Å². The van der Waals surface area contributed by atoms with Crippen LogP contribution in [0, 0.1) is 0 Å². The molecule has 0 heterocycles. The fourth-order valence-corrected chi connectivity index (χ4v) is 3.65. The summed E-state index contributed by atoms with van der Waals surface area (Å²) in [4.78, 5) is 27.3. The summed E-state index contributed by atoms with van der Waals surface area (Å²) in [5, 5.41) is 5.05. The molecule has 0 radical (unpaired) electrons. The van der Waals surface area contributed by atoms with Gasteiger partial charge in [-0.25, -0.2) is 0 Å². The maximum absolute atomic E-state index is 13.0. The maximum atomic E-state index is 13.0. The van der Waals surface area contributed by atoms with Gasteiger partial charge in [0.1, 0.15) is 0 Å². The molecule has 0 aliphatic rings. The van der Waals surface area contributed by atoms with Gasteiger partial charge in [0.2, 0.25) is 5.91 Å². The molecule has 0 unspecified atom stereocenters. The van der Waals surface area contributed by atoms with Gasteiger partial charge in [-0.2, -0.15) is 0 Å². The molecule has 0 bridgehead atoms. The smallest absolute Gasteiger partial charge is 0.256 e. The number of hydrogen-bond acceptors (Lipinski definition) is 2. The van der Waals surface area contributed by atoms with Gasteiger partial charge in [-0.15, -0.1) is 0 Å². The Morgan fingerprint density at radius 1 is 0.812 bits per heavy atom. The Morgan fingerprint density at radius 3 is 2.34 bits per heavy atom. The molecule has 0 aromatic heterocycles. The summed E-state index contributed by atoms with van der Waals surface area (Å²) in [7, 11) is 1.76. The van der Waals surface area contributed by atoms with Crippen LogP contribution in [0.4, 0.5) is 5.69 Å². The number of anilines is 1. The monoisotopic (exact) mass is 420 g/mol. The van der Waals surface area contributed by atoms with E-state index in [1.54, 1.807) is 42.3 Å². The van der Waals surface area contributed by atoms with E-state index in [9.17, 15) is 9.59 Å². The summed E-state index contributed by atoms with van der Waals surface area (Å²) in [6.45, 7) is 0.489. The van der Waals surface area contributed by atoms with Crippen molar-refractivity contribution in [1.29, 1.82) is 0 Å². The average Bonchev–Trinajstić information content (AvgIpc) is 2.83. The second-order valence-electron chi connectivity index (χ2n) is 7.58. The normalized spacial score (nSPS) is 10.9. The quantitative estimate of drug-likeness (QED) is 0.403. The van der Waals surface area contributed by atoms with E-state index in [4.69, 9.17) is 0 Å². The third-order valence-electron chi connectivity index (χ3n) is 5.26. The maximum Gasteiger partial charge on any atom is 0.256 e. The average molecular weight is 421 g/mol. The minimum Gasteiger partial charge on any atom is -0.337 e. The fraction of sp³-hybridized carbons (Fsp3) is 0.0714. The number of amides is 2. The predicted octanol–water partition coefficient (Wildman–Crippen LogP) is 5.76. The van der Waals surface area contributed by atoms with Crippen molar-refractivity contribution in [2.75, 3.05) is 12.4 Å². The molecule has 32 heavy (non-hydrogen) atoms. The zero-order valence-corrected chi connectivity index (χ0v) is 17.9. The third-order valence-corrected chi connectivity index (χ3v) is 5.26. The summed E-state index contributed by atoms with van der Waals surface area (Å²) in [6, 6.07) is 30.9. The van der Waals surface area contributed by atoms with Crippen LogP contribution in [0.3, 0.4) is 0 Å². The van der Waals surface area contributed by atoms with Crippen molar-refractivity contribution in [1.82, 2.24) is 4.90 Å². The molecular weight excluding hydrogens is 396 g/mol. The Hall–Kier alpha value is -4.18. The molecule has 4 heteroatoms. The van der Waals surface area contributed by atoms with Crippen molar-refractivity contribution in [2.45, 2.75) is 6.54 Å². The van der Waals surface area contributed by atoms with Gasteiger partial charge in [-0.3, -0.25) is 9.59 Å². The van der Waals surface area contributed by atoms with Crippen molar-refractivity contribution < 1.29 is 9.59 Å². The number of carbonyl (C=O) groups is 2. The molecule has 0 aliphatic carbocycles. The summed E-state index contributed by atoms with van der Waals surface area (Å²) >= 11 is 0. The Labute approximate surface area is 187 Å². The van der Waals surface area contributed by atoms with E-state index >= 15 is 0 Å². The third kappa shape index (κ3) is 4.93. The van der Waals surface area contributed by atoms with E-state index < -0.39 is 0 Å². The first-order valence-electron chi connectivity index (χ1n) is 10.5. The lowest BCUT2D eigenvalue weighted by molar-refractivity contribution is -0.111. The molecular formula is C28H24N2O2. The summed E-state index contributed by atoms with van der Waals surface area (Å²) < 4.78 is 0. The molecule has 0 atom stereocenters. The van der Waals surface area contributed by atoms with E-state index in [1.807, 2.05) is 72.8 Å². The fourth-order valence-electron chi connectivity index (χ4n) is 3.65. The molecule has 0 saturated heterocycles. The highest BCUT2D eigenvalue weighted by Gasteiger charge is 2.16. The molecule has 158 valence electrons. The first-order valence-corrected chi connectivity index (χ1v) is 10.5. The van der Waals surface area contributed by atoms with E-state index in [2.05, 4.69) is 5.32 Å². The Kier molecular flexibility index (Phi) is 6.42. The van der Waals surface area contributed by atoms with Crippen molar-refractivity contribution in [3.8, 4) is 0 Å². The Balaban J connectivity index is 1.49. The largest absolute Gasteiger partial charge is 0.337 e. The van der Waals surface area contributed by atoms with Gasteiger partial charge in [0, 0.05) is 19.7 Å². The van der Waals surface area contributed by atoms with Crippen LogP contribution in [0.15, 0.2) is 103 Å². The standard InChI is InChI=1S/C28H24N2O2/c1-30(20-21-10-3-2-4-11-21)28(32)25-16-7-8-17-26(25)29-27(31)19-18-23-14-9-13-22-12-5-6-15-24(22)23/h2-19H,20H2,1H3,(H,29,31)/b19-18+.